The second kappa shape index (κ2) is 11.3. The van der Waals surface area contributed by atoms with Crippen LogP contribution in [0.5, 0.6) is 5.75 Å². The van der Waals surface area contributed by atoms with Crippen molar-refractivity contribution in [1.82, 2.24) is 0 Å². The molecule has 0 bridgehead atoms. The van der Waals surface area contributed by atoms with E-state index in [2.05, 4.69) is 4.74 Å². The molecule has 0 radical (unpaired) electrons. The zero-order valence-electron chi connectivity index (χ0n) is 21.0. The van der Waals surface area contributed by atoms with Crippen LogP contribution in [0, 0.1) is 0 Å². The average Bonchev–Trinajstić information content (AvgIpc) is 2.91. The van der Waals surface area contributed by atoms with Gasteiger partial charge < -0.3 is 9.47 Å². The highest BCUT2D eigenvalue weighted by Crippen LogP contribution is 2.40. The van der Waals surface area contributed by atoms with E-state index in [0.717, 1.165) is 33.6 Å². The van der Waals surface area contributed by atoms with E-state index in [0.29, 0.717) is 16.7 Å². The summed E-state index contributed by atoms with van der Waals surface area (Å²) in [4.78, 5) is 11.2. The molecule has 6 nitrogen and oxygen atoms in total. The van der Waals surface area contributed by atoms with E-state index in [1.165, 1.54) is 7.11 Å². The molecule has 39 heavy (non-hydrogen) atoms. The first kappa shape index (κ1) is 28.5. The van der Waals surface area contributed by atoms with Gasteiger partial charge in [-0.3, -0.25) is 9.10 Å². The number of hydrogen-bond donors (Lipinski definition) is 0. The number of hydrogen-bond acceptors (Lipinski definition) is 5. The fourth-order valence-electron chi connectivity index (χ4n) is 4.25. The molecule has 0 aromatic heterocycles. The van der Waals surface area contributed by atoms with Gasteiger partial charge >= 0.3 is 12.1 Å². The third-order valence-electron chi connectivity index (χ3n) is 6.24. The minimum atomic E-state index is -4.72. The molecule has 0 saturated heterocycles. The van der Waals surface area contributed by atoms with Gasteiger partial charge in [0.1, 0.15) is 11.9 Å². The Bertz CT molecular complexity index is 1520. The van der Waals surface area contributed by atoms with Crippen LogP contribution in [-0.4, -0.2) is 34.1 Å². The number of benzene rings is 3. The number of allylic oxidation sites excluding steroid dienone is 1. The van der Waals surface area contributed by atoms with Crippen LogP contribution in [0.1, 0.15) is 36.5 Å². The molecule has 1 atom stereocenters. The molecule has 0 amide bonds. The summed E-state index contributed by atoms with van der Waals surface area (Å²) in [5, 5.41) is 0.551. The summed E-state index contributed by atoms with van der Waals surface area (Å²) < 4.78 is 79.3. The van der Waals surface area contributed by atoms with Gasteiger partial charge in [-0.2, -0.15) is 13.2 Å². The van der Waals surface area contributed by atoms with Crippen molar-refractivity contribution in [2.24, 2.45) is 0 Å². The van der Waals surface area contributed by atoms with E-state index < -0.39 is 38.7 Å². The number of carbonyl (C=O) groups is 1. The van der Waals surface area contributed by atoms with Gasteiger partial charge in [0, 0.05) is 11.4 Å². The van der Waals surface area contributed by atoms with Crippen LogP contribution in [0.25, 0.3) is 11.6 Å². The molecule has 0 fully saturated rings. The summed E-state index contributed by atoms with van der Waals surface area (Å²) in [6.45, 7) is 1.65. The Labute approximate surface area is 229 Å². The molecule has 206 valence electrons. The molecule has 3 aromatic rings. The average molecular weight is 580 g/mol. The molecule has 3 aromatic carbocycles. The van der Waals surface area contributed by atoms with E-state index in [9.17, 15) is 26.4 Å². The number of carbonyl (C=O) groups excluding carboxylic acids is 1. The minimum absolute atomic E-state index is 0.0220. The molecular formula is C28H25ClF3NO5S. The lowest BCUT2D eigenvalue weighted by atomic mass is 10.0. The maximum atomic E-state index is 13.7. The summed E-state index contributed by atoms with van der Waals surface area (Å²) >= 11 is 6.31. The summed E-state index contributed by atoms with van der Waals surface area (Å²) in [7, 11) is -3.20. The number of nitrogens with zero attached hydrogens (tertiary/aromatic N) is 1. The Morgan fingerprint density at radius 3 is 2.56 bits per heavy atom. The van der Waals surface area contributed by atoms with E-state index in [1.54, 1.807) is 24.3 Å². The van der Waals surface area contributed by atoms with Crippen molar-refractivity contribution in [1.29, 1.82) is 0 Å². The maximum Gasteiger partial charge on any atom is 0.416 e. The fraction of sp³-hybridized carbons (Fsp3) is 0.250. The molecule has 1 aliphatic rings. The third-order valence-corrected chi connectivity index (χ3v) is 8.35. The number of rotatable bonds is 7. The SMILES string of the molecule is COC(=O)CC[C@H]1CN(S(=O)(=O)c2cccc(C(F)(F)F)c2)c2cc(/C=C(\C)c3ccccc3Cl)ccc2O1. The maximum absolute atomic E-state index is 13.7. The Morgan fingerprint density at radius 1 is 1.13 bits per heavy atom. The van der Waals surface area contributed by atoms with Crippen LogP contribution in [0.3, 0.4) is 0 Å². The fourth-order valence-corrected chi connectivity index (χ4v) is 6.08. The summed E-state index contributed by atoms with van der Waals surface area (Å²) in [5.41, 5.74) is 1.34. The van der Waals surface area contributed by atoms with Crippen LogP contribution in [0.2, 0.25) is 5.02 Å². The number of methoxy groups -OCH3 is 1. The highest BCUT2D eigenvalue weighted by molar-refractivity contribution is 7.92. The van der Waals surface area contributed by atoms with Gasteiger partial charge in [-0.15, -0.1) is 0 Å². The molecule has 1 heterocycles. The lowest BCUT2D eigenvalue weighted by Gasteiger charge is -2.35. The number of esters is 1. The molecule has 4 rings (SSSR count). The van der Waals surface area contributed by atoms with Crippen molar-refractivity contribution in [3.05, 3.63) is 88.4 Å². The highest BCUT2D eigenvalue weighted by Gasteiger charge is 2.37. The van der Waals surface area contributed by atoms with Crippen molar-refractivity contribution in [2.45, 2.75) is 36.9 Å². The van der Waals surface area contributed by atoms with Crippen LogP contribution in [-0.2, 0) is 25.7 Å². The predicted molar refractivity (Wildman–Crippen MR) is 143 cm³/mol. The van der Waals surface area contributed by atoms with Crippen molar-refractivity contribution in [3.8, 4) is 5.75 Å². The van der Waals surface area contributed by atoms with Gasteiger partial charge in [0.2, 0.25) is 0 Å². The lowest BCUT2D eigenvalue weighted by molar-refractivity contribution is -0.141. The summed E-state index contributed by atoms with van der Waals surface area (Å²) in [6.07, 6.45) is -3.51. The minimum Gasteiger partial charge on any atom is -0.486 e. The molecule has 0 aliphatic carbocycles. The number of alkyl halides is 3. The number of anilines is 1. The largest absolute Gasteiger partial charge is 0.486 e. The van der Waals surface area contributed by atoms with Gasteiger partial charge in [-0.1, -0.05) is 48.0 Å². The monoisotopic (exact) mass is 579 g/mol. The molecule has 1 aliphatic heterocycles. The van der Waals surface area contributed by atoms with Crippen molar-refractivity contribution in [3.63, 3.8) is 0 Å². The van der Waals surface area contributed by atoms with Crippen LogP contribution in [0.4, 0.5) is 18.9 Å². The third kappa shape index (κ3) is 6.39. The smallest absolute Gasteiger partial charge is 0.416 e. The number of halogens is 4. The Kier molecular flexibility index (Phi) is 8.27. The number of sulfonamides is 1. The number of ether oxygens (including phenoxy) is 2. The van der Waals surface area contributed by atoms with Crippen LogP contribution in [0.15, 0.2) is 71.6 Å². The molecule has 11 heteroatoms. The number of fused-ring (bicyclic) bond motifs is 1. The van der Waals surface area contributed by atoms with Gasteiger partial charge in [0.15, 0.2) is 0 Å². The zero-order valence-corrected chi connectivity index (χ0v) is 22.6. The van der Waals surface area contributed by atoms with Crippen molar-refractivity contribution in [2.75, 3.05) is 18.0 Å². The predicted octanol–water partition coefficient (Wildman–Crippen LogP) is 6.83. The molecule has 0 spiro atoms. The first-order valence-corrected chi connectivity index (χ1v) is 13.7. The quantitative estimate of drug-likeness (QED) is 0.227. The normalized spacial score (nSPS) is 15.9. The Morgan fingerprint density at radius 2 is 1.87 bits per heavy atom. The van der Waals surface area contributed by atoms with E-state index in [-0.39, 0.29) is 30.8 Å². The second-order valence-electron chi connectivity index (χ2n) is 8.95. The lowest BCUT2D eigenvalue weighted by Crippen LogP contribution is -2.43. The van der Waals surface area contributed by atoms with Crippen molar-refractivity contribution < 1.29 is 35.9 Å². The van der Waals surface area contributed by atoms with E-state index in [1.807, 2.05) is 31.2 Å². The van der Waals surface area contributed by atoms with E-state index in [4.69, 9.17) is 16.3 Å². The van der Waals surface area contributed by atoms with Gasteiger partial charge in [-0.05, 0) is 66.4 Å². The van der Waals surface area contributed by atoms with Gasteiger partial charge in [0.25, 0.3) is 10.0 Å². The molecule has 0 unspecified atom stereocenters. The Hall–Kier alpha value is -3.50. The molecular weight excluding hydrogens is 555 g/mol. The van der Waals surface area contributed by atoms with Gasteiger partial charge in [0.05, 0.1) is 29.8 Å². The van der Waals surface area contributed by atoms with Crippen LogP contribution >= 0.6 is 11.6 Å². The topological polar surface area (TPSA) is 72.9 Å². The standard InChI is InChI=1S/C28H25ClF3NO5S/c1-18(23-8-3-4-9-24(23)29)14-19-10-12-26-25(15-19)33(17-21(38-26)11-13-27(34)37-2)39(35,36)22-7-5-6-20(16-22)28(30,31)32/h3-10,12,14-16,21H,11,13,17H2,1-2H3/b18-14+/t21-/m0/s1. The first-order valence-electron chi connectivity index (χ1n) is 11.9. The first-order chi connectivity index (χ1) is 18.4. The summed E-state index contributed by atoms with van der Waals surface area (Å²) in [5.74, 6) is -0.272. The highest BCUT2D eigenvalue weighted by atomic mass is 35.5. The zero-order chi connectivity index (χ0) is 28.4. The summed E-state index contributed by atoms with van der Waals surface area (Å²) in [6, 6.07) is 15.8. The van der Waals surface area contributed by atoms with Crippen LogP contribution < -0.4 is 9.04 Å². The van der Waals surface area contributed by atoms with Gasteiger partial charge in [-0.25, -0.2) is 8.42 Å². The second-order valence-corrected chi connectivity index (χ2v) is 11.2. The molecule has 0 N–H and O–H groups in total. The van der Waals surface area contributed by atoms with Crippen molar-refractivity contribution >= 4 is 44.9 Å². The Balaban J connectivity index is 1.77. The van der Waals surface area contributed by atoms with E-state index >= 15 is 0 Å². The molecule has 0 saturated carbocycles.